The van der Waals surface area contributed by atoms with Gasteiger partial charge in [0.05, 0.1) is 13.0 Å². The summed E-state index contributed by atoms with van der Waals surface area (Å²) in [4.78, 5) is 42.5. The smallest absolute Gasteiger partial charge is 0.255 e. The molecule has 6 rings (SSSR count). The van der Waals surface area contributed by atoms with Gasteiger partial charge in [-0.25, -0.2) is 0 Å². The number of carbonyl (C=O) groups is 3. The number of rotatable bonds is 3. The maximum absolute atomic E-state index is 13.8. The summed E-state index contributed by atoms with van der Waals surface area (Å²) in [5, 5.41) is 6.68. The zero-order valence-corrected chi connectivity index (χ0v) is 20.0. The minimum atomic E-state index is -1.36. The van der Waals surface area contributed by atoms with Gasteiger partial charge >= 0.3 is 0 Å². The van der Waals surface area contributed by atoms with Crippen molar-refractivity contribution in [1.82, 2.24) is 0 Å². The van der Waals surface area contributed by atoms with Gasteiger partial charge in [-0.2, -0.15) is 0 Å². The number of nitrogens with zero attached hydrogens (tertiary/aromatic N) is 1. The Kier molecular flexibility index (Phi) is 4.85. The fourth-order valence-electron chi connectivity index (χ4n) is 5.58. The van der Waals surface area contributed by atoms with E-state index in [9.17, 15) is 14.4 Å². The number of hydrogen-bond acceptors (Lipinski definition) is 5. The second kappa shape index (κ2) is 7.73. The predicted octanol–water partition coefficient (Wildman–Crippen LogP) is 4.73. The Hall–Kier alpha value is -3.55. The normalized spacial score (nSPS) is 24.4. The number of hydrogen-bond donors (Lipinski definition) is 2. The number of nitrogens with one attached hydrogen (secondary N) is 2. The quantitative estimate of drug-likeness (QED) is 0.534. The highest BCUT2D eigenvalue weighted by molar-refractivity contribution is 6.31. The molecule has 0 aromatic heterocycles. The van der Waals surface area contributed by atoms with Crippen molar-refractivity contribution >= 4 is 57.9 Å². The average Bonchev–Trinajstić information content (AvgIpc) is 3.42. The van der Waals surface area contributed by atoms with Crippen LogP contribution in [0.2, 0.25) is 10.0 Å². The number of methoxy groups -OCH3 is 1. The van der Waals surface area contributed by atoms with E-state index >= 15 is 0 Å². The minimum Gasteiger partial charge on any atom is -0.497 e. The lowest BCUT2D eigenvalue weighted by molar-refractivity contribution is -0.124. The summed E-state index contributed by atoms with van der Waals surface area (Å²) in [6, 6.07) is 16.4. The van der Waals surface area contributed by atoms with E-state index < -0.39 is 17.5 Å². The Labute approximate surface area is 211 Å². The van der Waals surface area contributed by atoms with E-state index in [2.05, 4.69) is 10.6 Å². The minimum absolute atomic E-state index is 0.109. The van der Waals surface area contributed by atoms with Crippen molar-refractivity contribution in [2.24, 2.45) is 0 Å². The lowest BCUT2D eigenvalue weighted by Gasteiger charge is -2.39. The molecule has 3 aromatic carbocycles. The fourth-order valence-corrected chi connectivity index (χ4v) is 5.93. The summed E-state index contributed by atoms with van der Waals surface area (Å²) in [7, 11) is 1.56. The Morgan fingerprint density at radius 3 is 2.31 bits per heavy atom. The molecule has 2 amide bonds. The molecule has 9 heteroatoms. The fraction of sp³-hybridized carbons (Fsp3) is 0.192. The van der Waals surface area contributed by atoms with E-state index in [0.717, 1.165) is 0 Å². The summed E-state index contributed by atoms with van der Waals surface area (Å²) in [5.41, 5.74) is 1.66. The van der Waals surface area contributed by atoms with Crippen LogP contribution in [-0.2, 0) is 19.9 Å². The zero-order chi connectivity index (χ0) is 24.5. The lowest BCUT2D eigenvalue weighted by Crippen LogP contribution is -2.52. The molecule has 3 heterocycles. The molecule has 3 aliphatic rings. The van der Waals surface area contributed by atoms with Crippen LogP contribution in [0.15, 0.2) is 60.7 Å². The Morgan fingerprint density at radius 2 is 1.60 bits per heavy atom. The Bertz CT molecular complexity index is 1420. The van der Waals surface area contributed by atoms with E-state index in [0.29, 0.717) is 44.0 Å². The topological polar surface area (TPSA) is 87.7 Å². The summed E-state index contributed by atoms with van der Waals surface area (Å²) in [6.07, 6.45) is -0.109. The SMILES string of the molecule is COc1ccc(N2C(C3C(=O)Nc4ccc(Cl)cc43)C(=O)CC23C(=O)Nc2ccc(Cl)cc23)cc1. The molecule has 0 saturated carbocycles. The third-order valence-electron chi connectivity index (χ3n) is 7.06. The highest BCUT2D eigenvalue weighted by atomic mass is 35.5. The lowest BCUT2D eigenvalue weighted by atomic mass is 9.88. The molecule has 3 atom stereocenters. The number of halogens is 2. The van der Waals surface area contributed by atoms with Crippen LogP contribution in [0.3, 0.4) is 0 Å². The van der Waals surface area contributed by atoms with Crippen LogP contribution < -0.4 is 20.3 Å². The molecule has 1 fully saturated rings. The zero-order valence-electron chi connectivity index (χ0n) is 18.5. The van der Waals surface area contributed by atoms with E-state index in [-0.39, 0.29) is 24.0 Å². The van der Waals surface area contributed by atoms with Gasteiger partial charge in [0.25, 0.3) is 5.91 Å². The van der Waals surface area contributed by atoms with E-state index in [4.69, 9.17) is 27.9 Å². The number of benzene rings is 3. The van der Waals surface area contributed by atoms with Crippen LogP contribution in [0.4, 0.5) is 17.1 Å². The largest absolute Gasteiger partial charge is 0.497 e. The molecule has 3 unspecified atom stereocenters. The van der Waals surface area contributed by atoms with E-state index in [1.54, 1.807) is 72.7 Å². The van der Waals surface area contributed by atoms with Crippen LogP contribution in [0, 0.1) is 0 Å². The van der Waals surface area contributed by atoms with Gasteiger partial charge in [-0.1, -0.05) is 23.2 Å². The third-order valence-corrected chi connectivity index (χ3v) is 7.53. The monoisotopic (exact) mass is 507 g/mol. The Balaban J connectivity index is 1.59. The molecule has 0 aliphatic carbocycles. The van der Waals surface area contributed by atoms with E-state index in [1.807, 2.05) is 0 Å². The van der Waals surface area contributed by atoms with Crippen LogP contribution in [0.1, 0.15) is 23.5 Å². The summed E-state index contributed by atoms with van der Waals surface area (Å²) in [5.74, 6) is -1.11. The molecule has 0 bridgehead atoms. The van der Waals surface area contributed by atoms with Crippen LogP contribution >= 0.6 is 23.2 Å². The predicted molar refractivity (Wildman–Crippen MR) is 133 cm³/mol. The molecular formula is C26H19Cl2N3O4. The molecule has 3 aromatic rings. The first-order valence-electron chi connectivity index (χ1n) is 11.0. The molecular weight excluding hydrogens is 489 g/mol. The van der Waals surface area contributed by atoms with Gasteiger partial charge in [0.15, 0.2) is 11.3 Å². The number of Topliss-reactive ketones (excluding diaryl/α,β-unsaturated/α-hetero) is 1. The first kappa shape index (κ1) is 21.9. The Morgan fingerprint density at radius 1 is 0.914 bits per heavy atom. The number of fused-ring (bicyclic) bond motifs is 3. The van der Waals surface area contributed by atoms with Crippen LogP contribution in [0.25, 0.3) is 0 Å². The number of anilines is 3. The molecule has 176 valence electrons. The van der Waals surface area contributed by atoms with E-state index in [1.165, 1.54) is 0 Å². The highest BCUT2D eigenvalue weighted by Crippen LogP contribution is 2.54. The first-order chi connectivity index (χ1) is 16.8. The van der Waals surface area contributed by atoms with Gasteiger partial charge in [0.1, 0.15) is 11.8 Å². The van der Waals surface area contributed by atoms with Gasteiger partial charge in [-0.3, -0.25) is 14.4 Å². The van der Waals surface area contributed by atoms with Crippen molar-refractivity contribution in [3.05, 3.63) is 81.8 Å². The number of carbonyl (C=O) groups excluding carboxylic acids is 3. The highest BCUT2D eigenvalue weighted by Gasteiger charge is 2.63. The maximum atomic E-state index is 13.8. The molecule has 35 heavy (non-hydrogen) atoms. The molecule has 2 N–H and O–H groups in total. The second-order valence-corrected chi connectivity index (χ2v) is 9.73. The standard InChI is InChI=1S/C26H19Cl2N3O4/c1-35-16-6-4-15(5-7-16)31-23(22-17-10-13(27)2-8-19(17)29-24(22)33)21(32)12-26(31)18-11-14(28)3-9-20(18)30-25(26)34/h2-11,22-23H,12H2,1H3,(H,29,33)(H,30,34). The van der Waals surface area contributed by atoms with Gasteiger partial charge in [0.2, 0.25) is 5.91 Å². The van der Waals surface area contributed by atoms with Crippen molar-refractivity contribution in [3.8, 4) is 5.75 Å². The molecule has 1 spiro atoms. The maximum Gasteiger partial charge on any atom is 0.255 e. The number of ketones is 1. The number of amides is 2. The molecule has 0 radical (unpaired) electrons. The summed E-state index contributed by atoms with van der Waals surface area (Å²) >= 11 is 12.6. The average molecular weight is 508 g/mol. The van der Waals surface area contributed by atoms with Crippen molar-refractivity contribution in [2.45, 2.75) is 23.9 Å². The third kappa shape index (κ3) is 3.08. The molecule has 7 nitrogen and oxygen atoms in total. The number of ether oxygens (including phenoxy) is 1. The summed E-state index contributed by atoms with van der Waals surface area (Å²) < 4.78 is 5.31. The first-order valence-corrected chi connectivity index (χ1v) is 11.8. The van der Waals surface area contributed by atoms with Crippen molar-refractivity contribution < 1.29 is 19.1 Å². The van der Waals surface area contributed by atoms with Crippen LogP contribution in [-0.4, -0.2) is 30.7 Å². The van der Waals surface area contributed by atoms with Crippen LogP contribution in [0.5, 0.6) is 5.75 Å². The second-order valence-electron chi connectivity index (χ2n) is 8.86. The van der Waals surface area contributed by atoms with Gasteiger partial charge in [0, 0.05) is 39.1 Å². The van der Waals surface area contributed by atoms with Crippen molar-refractivity contribution in [2.75, 3.05) is 22.6 Å². The van der Waals surface area contributed by atoms with Gasteiger partial charge < -0.3 is 20.3 Å². The molecule has 1 saturated heterocycles. The summed E-state index contributed by atoms with van der Waals surface area (Å²) in [6.45, 7) is 0. The molecule has 3 aliphatic heterocycles. The van der Waals surface area contributed by atoms with Gasteiger partial charge in [-0.05, 0) is 66.2 Å². The van der Waals surface area contributed by atoms with Gasteiger partial charge in [-0.15, -0.1) is 0 Å². The van der Waals surface area contributed by atoms with Crippen molar-refractivity contribution in [1.29, 1.82) is 0 Å². The van der Waals surface area contributed by atoms with Crippen molar-refractivity contribution in [3.63, 3.8) is 0 Å².